The third kappa shape index (κ3) is 5.73. The van der Waals surface area contributed by atoms with Crippen molar-refractivity contribution in [1.82, 2.24) is 4.57 Å². The van der Waals surface area contributed by atoms with Crippen LogP contribution in [0.2, 0.25) is 0 Å². The van der Waals surface area contributed by atoms with Crippen molar-refractivity contribution in [3.05, 3.63) is 98.2 Å². The van der Waals surface area contributed by atoms with Crippen LogP contribution in [0.3, 0.4) is 0 Å². The normalized spacial score (nSPS) is 10.6. The fourth-order valence-electron chi connectivity index (χ4n) is 3.46. The Kier molecular flexibility index (Phi) is 7.75. The lowest BCUT2D eigenvalue weighted by atomic mass is 10.0. The van der Waals surface area contributed by atoms with Gasteiger partial charge in [-0.25, -0.2) is 4.39 Å². The molecule has 0 aliphatic rings. The summed E-state index contributed by atoms with van der Waals surface area (Å²) in [7, 11) is 1.55. The molecule has 0 aliphatic heterocycles. The maximum absolute atomic E-state index is 14.1. The molecule has 3 rings (SSSR count). The van der Waals surface area contributed by atoms with Crippen molar-refractivity contribution in [2.24, 2.45) is 0 Å². The molecule has 0 aliphatic carbocycles. The van der Waals surface area contributed by atoms with Gasteiger partial charge in [0.1, 0.15) is 29.8 Å². The number of benzene rings is 2. The second-order valence-corrected chi connectivity index (χ2v) is 7.79. The van der Waals surface area contributed by atoms with Gasteiger partial charge in [0.2, 0.25) is 0 Å². The average molecular weight is 448 g/mol. The molecule has 0 spiro atoms. The summed E-state index contributed by atoms with van der Waals surface area (Å²) >= 11 is 0. The van der Waals surface area contributed by atoms with Gasteiger partial charge in [0, 0.05) is 32.0 Å². The van der Waals surface area contributed by atoms with Crippen molar-refractivity contribution < 1.29 is 18.7 Å². The molecule has 0 bridgehead atoms. The highest BCUT2D eigenvalue weighted by molar-refractivity contribution is 6.10. The van der Waals surface area contributed by atoms with Crippen LogP contribution in [0.15, 0.2) is 53.5 Å². The molecular weight excluding hydrogens is 423 g/mol. The number of hydrogen-bond donors (Lipinski definition) is 0. The van der Waals surface area contributed by atoms with E-state index in [1.165, 1.54) is 29.0 Å². The highest BCUT2D eigenvalue weighted by Gasteiger charge is 2.19. The van der Waals surface area contributed by atoms with Crippen LogP contribution >= 0.6 is 0 Å². The zero-order chi connectivity index (χ0) is 24.0. The monoisotopic (exact) mass is 448 g/mol. The zero-order valence-electron chi connectivity index (χ0n) is 18.9. The predicted molar refractivity (Wildman–Crippen MR) is 122 cm³/mol. The maximum Gasteiger partial charge on any atom is 0.268 e. The molecule has 7 heteroatoms. The van der Waals surface area contributed by atoms with E-state index in [4.69, 9.17) is 9.47 Å². The number of hydrogen-bond acceptors (Lipinski definition) is 5. The lowest BCUT2D eigenvalue weighted by Gasteiger charge is -2.14. The molecule has 0 saturated carbocycles. The molecule has 0 N–H and O–H groups in total. The van der Waals surface area contributed by atoms with Crippen LogP contribution in [0.5, 0.6) is 5.75 Å². The van der Waals surface area contributed by atoms with Gasteiger partial charge in [-0.2, -0.15) is 5.26 Å². The molecule has 0 fully saturated rings. The number of halogens is 1. The second-order valence-electron chi connectivity index (χ2n) is 7.79. The van der Waals surface area contributed by atoms with E-state index in [-0.39, 0.29) is 35.6 Å². The minimum Gasteiger partial charge on any atom is -0.488 e. The van der Waals surface area contributed by atoms with Gasteiger partial charge in [-0.05, 0) is 55.7 Å². The Balaban J connectivity index is 1.96. The molecule has 1 aromatic heterocycles. The van der Waals surface area contributed by atoms with Crippen LogP contribution in [0.4, 0.5) is 4.39 Å². The Morgan fingerprint density at radius 3 is 2.67 bits per heavy atom. The fraction of sp³-hybridized carbons (Fsp3) is 0.269. The van der Waals surface area contributed by atoms with Gasteiger partial charge < -0.3 is 14.0 Å². The zero-order valence-corrected chi connectivity index (χ0v) is 18.9. The molecule has 0 saturated heterocycles. The Morgan fingerprint density at radius 1 is 1.15 bits per heavy atom. The van der Waals surface area contributed by atoms with Crippen LogP contribution in [-0.4, -0.2) is 24.1 Å². The van der Waals surface area contributed by atoms with Crippen molar-refractivity contribution in [2.45, 2.75) is 33.4 Å². The van der Waals surface area contributed by atoms with Crippen molar-refractivity contribution in [3.63, 3.8) is 0 Å². The third-order valence-corrected chi connectivity index (χ3v) is 5.29. The molecular formula is C26H25FN2O4. The molecule has 170 valence electrons. The minimum absolute atomic E-state index is 0.0197. The summed E-state index contributed by atoms with van der Waals surface area (Å²) in [6.45, 7) is 4.85. The highest BCUT2D eigenvalue weighted by Crippen LogP contribution is 2.25. The number of methoxy groups -OCH3 is 1. The van der Waals surface area contributed by atoms with Crippen LogP contribution < -0.4 is 10.3 Å². The highest BCUT2D eigenvalue weighted by atomic mass is 19.1. The Hall–Kier alpha value is -3.76. The topological polar surface area (TPSA) is 81.3 Å². The van der Waals surface area contributed by atoms with E-state index < -0.39 is 17.2 Å². The van der Waals surface area contributed by atoms with Gasteiger partial charge in [0.05, 0.1) is 5.56 Å². The molecule has 0 amide bonds. The number of nitriles is 1. The summed E-state index contributed by atoms with van der Waals surface area (Å²) in [5.74, 6) is -0.910. The van der Waals surface area contributed by atoms with E-state index in [2.05, 4.69) is 0 Å². The molecule has 0 unspecified atom stereocenters. The summed E-state index contributed by atoms with van der Waals surface area (Å²) in [4.78, 5) is 25.8. The van der Waals surface area contributed by atoms with Gasteiger partial charge in [0.15, 0.2) is 5.78 Å². The van der Waals surface area contributed by atoms with E-state index in [1.807, 2.05) is 38.1 Å². The first-order valence-corrected chi connectivity index (χ1v) is 10.5. The summed E-state index contributed by atoms with van der Waals surface area (Å²) < 4.78 is 26.3. The van der Waals surface area contributed by atoms with E-state index in [0.29, 0.717) is 13.0 Å². The largest absolute Gasteiger partial charge is 0.488 e. The number of aromatic nitrogens is 1. The van der Waals surface area contributed by atoms with Crippen molar-refractivity contribution in [3.8, 4) is 11.8 Å². The number of pyridine rings is 1. The Bertz CT molecular complexity index is 1270. The Morgan fingerprint density at radius 2 is 1.94 bits per heavy atom. The number of rotatable bonds is 9. The number of ether oxygens (including phenoxy) is 2. The number of carbonyl (C=O) groups is 1. The van der Waals surface area contributed by atoms with Crippen molar-refractivity contribution >= 4 is 5.78 Å². The third-order valence-electron chi connectivity index (χ3n) is 5.29. The van der Waals surface area contributed by atoms with Crippen LogP contribution in [0, 0.1) is 31.0 Å². The van der Waals surface area contributed by atoms with Crippen LogP contribution in [0.25, 0.3) is 0 Å². The first-order valence-electron chi connectivity index (χ1n) is 10.5. The van der Waals surface area contributed by atoms with Gasteiger partial charge >= 0.3 is 0 Å². The van der Waals surface area contributed by atoms with E-state index >= 15 is 0 Å². The first kappa shape index (κ1) is 23.9. The summed E-state index contributed by atoms with van der Waals surface area (Å²) in [6, 6.07) is 12.8. The average Bonchev–Trinajstić information content (AvgIpc) is 2.81. The van der Waals surface area contributed by atoms with Crippen molar-refractivity contribution in [1.29, 1.82) is 5.26 Å². The fourth-order valence-corrected chi connectivity index (χ4v) is 3.46. The number of nitrogens with zero attached hydrogens (tertiary/aromatic N) is 2. The molecule has 2 aromatic carbocycles. The first-order chi connectivity index (χ1) is 15.8. The number of carbonyl (C=O) groups excluding carboxylic acids is 1. The summed E-state index contributed by atoms with van der Waals surface area (Å²) in [5.41, 5.74) is 2.54. The lowest BCUT2D eigenvalue weighted by molar-refractivity contribution is 0.103. The van der Waals surface area contributed by atoms with E-state index in [9.17, 15) is 19.2 Å². The van der Waals surface area contributed by atoms with E-state index in [0.717, 1.165) is 22.8 Å². The molecule has 6 nitrogen and oxygen atoms in total. The molecule has 0 radical (unpaired) electrons. The molecule has 3 aromatic rings. The second kappa shape index (κ2) is 10.7. The van der Waals surface area contributed by atoms with Crippen LogP contribution in [0.1, 0.15) is 44.6 Å². The summed E-state index contributed by atoms with van der Waals surface area (Å²) in [5, 5.41) is 9.36. The lowest BCUT2D eigenvalue weighted by Crippen LogP contribution is -2.24. The van der Waals surface area contributed by atoms with Gasteiger partial charge in [-0.15, -0.1) is 0 Å². The summed E-state index contributed by atoms with van der Waals surface area (Å²) in [6.07, 6.45) is 1.92. The molecule has 33 heavy (non-hydrogen) atoms. The number of ketones is 1. The molecule has 1 heterocycles. The minimum atomic E-state index is -0.591. The smallest absolute Gasteiger partial charge is 0.268 e. The van der Waals surface area contributed by atoms with Gasteiger partial charge in [-0.3, -0.25) is 9.59 Å². The number of aryl methyl sites for hydroxylation is 3. The quantitative estimate of drug-likeness (QED) is 0.360. The molecule has 0 atom stereocenters. The van der Waals surface area contributed by atoms with Crippen LogP contribution in [-0.2, 0) is 17.9 Å². The standard InChI is InChI=1S/C26H25FN2O4/c1-17-5-6-18(2)21(11-17)16-33-24-8-7-22(27)13-23(24)25(30)20-12-19(14-28)26(31)29(15-20)9-4-10-32-3/h5-8,11-13,15H,4,9-10,16H2,1-3H3. The predicted octanol–water partition coefficient (Wildman–Crippen LogP) is 4.32. The van der Waals surface area contributed by atoms with Gasteiger partial charge in [-0.1, -0.05) is 23.8 Å². The maximum atomic E-state index is 14.1. The van der Waals surface area contributed by atoms with E-state index in [1.54, 1.807) is 7.11 Å². The van der Waals surface area contributed by atoms with Crippen molar-refractivity contribution in [2.75, 3.05) is 13.7 Å². The Labute approximate surface area is 191 Å². The van der Waals surface area contributed by atoms with Gasteiger partial charge in [0.25, 0.3) is 5.56 Å². The SMILES string of the molecule is COCCCn1cc(C(=O)c2cc(F)ccc2OCc2cc(C)ccc2C)cc(C#N)c1=O.